The second-order valence-corrected chi connectivity index (χ2v) is 7.03. The number of hydrogen-bond donors (Lipinski definition) is 2. The number of aromatic amines is 1. The van der Waals surface area contributed by atoms with Crippen LogP contribution in [0.1, 0.15) is 25.6 Å². The van der Waals surface area contributed by atoms with Crippen LogP contribution >= 0.6 is 23.4 Å². The molecule has 22 heavy (non-hydrogen) atoms. The Hall–Kier alpha value is -1.49. The maximum Gasteiger partial charge on any atom is 0.138 e. The molecular weight excluding hydrogens is 316 g/mol. The first-order valence-corrected chi connectivity index (χ1v) is 8.34. The van der Waals surface area contributed by atoms with Crippen LogP contribution in [0.5, 0.6) is 0 Å². The number of pyridine rings is 1. The van der Waals surface area contributed by atoms with Crippen LogP contribution in [0.25, 0.3) is 11.0 Å². The zero-order chi connectivity index (χ0) is 15.7. The molecule has 0 fully saturated rings. The summed E-state index contributed by atoms with van der Waals surface area (Å²) in [5.41, 5.74) is 1.62. The standard InChI is InChI=1S/C17H17ClN2OS/c1-10(2)15(21)14-16(13-4-3-9-19-17(13)20-14)22-12-7-5-11(18)6-8-12/h3-10,15,21H,1-2H3,(H,19,20). The van der Waals surface area contributed by atoms with Gasteiger partial charge in [-0.15, -0.1) is 0 Å². The van der Waals surface area contributed by atoms with Crippen LogP contribution < -0.4 is 0 Å². The zero-order valence-corrected chi connectivity index (χ0v) is 13.9. The predicted octanol–water partition coefficient (Wildman–Crippen LogP) is 5.06. The molecule has 2 heterocycles. The number of aliphatic hydroxyl groups is 1. The summed E-state index contributed by atoms with van der Waals surface area (Å²) in [6, 6.07) is 11.6. The van der Waals surface area contributed by atoms with Crippen molar-refractivity contribution in [1.82, 2.24) is 9.97 Å². The smallest absolute Gasteiger partial charge is 0.138 e. The van der Waals surface area contributed by atoms with Crippen molar-refractivity contribution in [3.8, 4) is 0 Å². The van der Waals surface area contributed by atoms with Gasteiger partial charge in [0.2, 0.25) is 0 Å². The van der Waals surface area contributed by atoms with Gasteiger partial charge in [0.15, 0.2) is 0 Å². The molecule has 0 aliphatic heterocycles. The lowest BCUT2D eigenvalue weighted by Gasteiger charge is -2.15. The number of nitrogens with zero attached hydrogens (tertiary/aromatic N) is 1. The van der Waals surface area contributed by atoms with Crippen molar-refractivity contribution >= 4 is 34.4 Å². The van der Waals surface area contributed by atoms with E-state index in [0.717, 1.165) is 26.5 Å². The largest absolute Gasteiger partial charge is 0.387 e. The van der Waals surface area contributed by atoms with E-state index in [2.05, 4.69) is 9.97 Å². The molecule has 0 aliphatic rings. The van der Waals surface area contributed by atoms with Gasteiger partial charge in [0.25, 0.3) is 0 Å². The summed E-state index contributed by atoms with van der Waals surface area (Å²) in [6.45, 7) is 4.00. The number of rotatable bonds is 4. The molecule has 0 saturated carbocycles. The average molecular weight is 333 g/mol. The van der Waals surface area contributed by atoms with E-state index in [1.807, 2.05) is 50.2 Å². The molecular formula is C17H17ClN2OS. The molecule has 0 spiro atoms. The Kier molecular flexibility index (Phi) is 4.43. The van der Waals surface area contributed by atoms with Crippen LogP contribution in [0.4, 0.5) is 0 Å². The van der Waals surface area contributed by atoms with E-state index >= 15 is 0 Å². The molecule has 3 rings (SSSR count). The molecule has 0 bridgehead atoms. The summed E-state index contributed by atoms with van der Waals surface area (Å²) in [7, 11) is 0. The topological polar surface area (TPSA) is 48.9 Å². The van der Waals surface area contributed by atoms with Gasteiger partial charge in [-0.3, -0.25) is 0 Å². The summed E-state index contributed by atoms with van der Waals surface area (Å²) >= 11 is 7.56. The van der Waals surface area contributed by atoms with Gasteiger partial charge >= 0.3 is 0 Å². The molecule has 1 atom stereocenters. The molecule has 2 aromatic heterocycles. The highest BCUT2D eigenvalue weighted by atomic mass is 35.5. The van der Waals surface area contributed by atoms with Gasteiger partial charge in [-0.2, -0.15) is 0 Å². The van der Waals surface area contributed by atoms with E-state index in [1.54, 1.807) is 18.0 Å². The van der Waals surface area contributed by atoms with Gasteiger partial charge in [0.05, 0.1) is 11.8 Å². The summed E-state index contributed by atoms with van der Waals surface area (Å²) < 4.78 is 0. The van der Waals surface area contributed by atoms with Crippen molar-refractivity contribution in [2.75, 3.05) is 0 Å². The molecule has 114 valence electrons. The predicted molar refractivity (Wildman–Crippen MR) is 91.5 cm³/mol. The third kappa shape index (κ3) is 3.00. The monoisotopic (exact) mass is 332 g/mol. The van der Waals surface area contributed by atoms with E-state index in [9.17, 15) is 5.11 Å². The first kappa shape index (κ1) is 15.4. The quantitative estimate of drug-likeness (QED) is 0.702. The third-order valence-corrected chi connectivity index (χ3v) is 4.91. The van der Waals surface area contributed by atoms with Crippen molar-refractivity contribution in [2.45, 2.75) is 29.7 Å². The van der Waals surface area contributed by atoms with Crippen molar-refractivity contribution < 1.29 is 5.11 Å². The van der Waals surface area contributed by atoms with Crippen LogP contribution in [0.2, 0.25) is 5.02 Å². The maximum atomic E-state index is 10.5. The van der Waals surface area contributed by atoms with Gasteiger partial charge in [0.1, 0.15) is 5.65 Å². The molecule has 3 nitrogen and oxygen atoms in total. The number of fused-ring (bicyclic) bond motifs is 1. The molecule has 0 amide bonds. The van der Waals surface area contributed by atoms with E-state index < -0.39 is 6.10 Å². The van der Waals surface area contributed by atoms with Gasteiger partial charge in [-0.1, -0.05) is 37.2 Å². The second kappa shape index (κ2) is 6.32. The summed E-state index contributed by atoms with van der Waals surface area (Å²) in [4.78, 5) is 9.72. The number of hydrogen-bond acceptors (Lipinski definition) is 3. The Labute approximate surface area is 138 Å². The van der Waals surface area contributed by atoms with Crippen LogP contribution in [0, 0.1) is 5.92 Å². The molecule has 0 saturated heterocycles. The van der Waals surface area contributed by atoms with E-state index in [0.29, 0.717) is 5.02 Å². The molecule has 2 N–H and O–H groups in total. The fourth-order valence-electron chi connectivity index (χ4n) is 2.29. The zero-order valence-electron chi connectivity index (χ0n) is 12.4. The molecule has 3 aromatic rings. The number of aromatic nitrogens is 2. The fraction of sp³-hybridized carbons (Fsp3) is 0.235. The van der Waals surface area contributed by atoms with E-state index in [-0.39, 0.29) is 5.92 Å². The molecule has 0 aliphatic carbocycles. The second-order valence-electron chi connectivity index (χ2n) is 5.51. The number of aliphatic hydroxyl groups excluding tert-OH is 1. The molecule has 1 aromatic carbocycles. The maximum absolute atomic E-state index is 10.5. The highest BCUT2D eigenvalue weighted by Gasteiger charge is 2.22. The van der Waals surface area contributed by atoms with Crippen LogP contribution in [0.3, 0.4) is 0 Å². The Morgan fingerprint density at radius 1 is 1.18 bits per heavy atom. The summed E-state index contributed by atoms with van der Waals surface area (Å²) in [6.07, 6.45) is 1.20. The SMILES string of the molecule is CC(C)C(O)c1[nH]c2ncccc2c1Sc1ccc(Cl)cc1. The lowest BCUT2D eigenvalue weighted by molar-refractivity contribution is 0.120. The van der Waals surface area contributed by atoms with Crippen molar-refractivity contribution in [3.05, 3.63) is 53.3 Å². The Balaban J connectivity index is 2.09. The highest BCUT2D eigenvalue weighted by Crippen LogP contribution is 2.40. The summed E-state index contributed by atoms with van der Waals surface area (Å²) in [5.74, 6) is 0.123. The minimum absolute atomic E-state index is 0.123. The van der Waals surface area contributed by atoms with Gasteiger partial charge in [0, 0.05) is 26.4 Å². The number of H-pyrrole nitrogens is 1. The van der Waals surface area contributed by atoms with E-state index in [4.69, 9.17) is 11.6 Å². The Bertz CT molecular complexity index is 783. The van der Waals surface area contributed by atoms with Crippen molar-refractivity contribution in [2.24, 2.45) is 5.92 Å². The normalized spacial score (nSPS) is 13.0. The van der Waals surface area contributed by atoms with Crippen molar-refractivity contribution in [3.63, 3.8) is 0 Å². The molecule has 1 unspecified atom stereocenters. The van der Waals surface area contributed by atoms with Crippen LogP contribution in [0.15, 0.2) is 52.4 Å². The highest BCUT2D eigenvalue weighted by molar-refractivity contribution is 7.99. The third-order valence-electron chi connectivity index (χ3n) is 3.51. The minimum atomic E-state index is -0.552. The van der Waals surface area contributed by atoms with E-state index in [1.165, 1.54) is 0 Å². The molecule has 0 radical (unpaired) electrons. The molecule has 5 heteroatoms. The van der Waals surface area contributed by atoms with Gasteiger partial charge in [-0.05, 0) is 42.3 Å². The Morgan fingerprint density at radius 3 is 2.59 bits per heavy atom. The lowest BCUT2D eigenvalue weighted by atomic mass is 10.0. The fourth-order valence-corrected chi connectivity index (χ4v) is 3.48. The van der Waals surface area contributed by atoms with Crippen LogP contribution in [-0.4, -0.2) is 15.1 Å². The number of halogens is 1. The number of benzene rings is 1. The van der Waals surface area contributed by atoms with Gasteiger partial charge in [-0.25, -0.2) is 4.98 Å². The summed E-state index contributed by atoms with van der Waals surface area (Å²) in [5, 5.41) is 12.2. The minimum Gasteiger partial charge on any atom is -0.387 e. The average Bonchev–Trinajstić information content (AvgIpc) is 2.87. The number of nitrogens with one attached hydrogen (secondary N) is 1. The lowest BCUT2D eigenvalue weighted by Crippen LogP contribution is -2.06. The van der Waals surface area contributed by atoms with Crippen molar-refractivity contribution in [1.29, 1.82) is 0 Å². The van der Waals surface area contributed by atoms with Crippen LogP contribution in [-0.2, 0) is 0 Å². The first-order valence-electron chi connectivity index (χ1n) is 7.14. The van der Waals surface area contributed by atoms with Gasteiger partial charge < -0.3 is 10.1 Å². The first-order chi connectivity index (χ1) is 10.6. The Morgan fingerprint density at radius 2 is 1.91 bits per heavy atom.